The number of phenols is 1. The highest BCUT2D eigenvalue weighted by molar-refractivity contribution is 5.99. The number of anilines is 3. The van der Waals surface area contributed by atoms with Crippen LogP contribution in [0.3, 0.4) is 0 Å². The number of aromatic hydroxyl groups is 1. The number of halogens is 3. The lowest BCUT2D eigenvalue weighted by Crippen LogP contribution is -2.49. The molecule has 1 aliphatic rings. The number of nitrogens with one attached hydrogen (secondary N) is 1. The minimum atomic E-state index is -4.46. The van der Waals surface area contributed by atoms with Gasteiger partial charge < -0.3 is 20.2 Å². The summed E-state index contributed by atoms with van der Waals surface area (Å²) in [4.78, 5) is 21.0. The molecule has 0 radical (unpaired) electrons. The van der Waals surface area contributed by atoms with E-state index in [4.69, 9.17) is 0 Å². The van der Waals surface area contributed by atoms with Gasteiger partial charge in [-0.15, -0.1) is 0 Å². The number of carbonyl (C=O) groups excluding carboxylic acids is 1. The number of nitrogens with zero attached hydrogens (tertiary/aromatic N) is 3. The Morgan fingerprint density at radius 3 is 2.44 bits per heavy atom. The summed E-state index contributed by atoms with van der Waals surface area (Å²) in [6, 6.07) is 15.0. The van der Waals surface area contributed by atoms with Crippen LogP contribution < -0.4 is 10.2 Å². The molecule has 6 nitrogen and oxygen atoms in total. The molecule has 1 fully saturated rings. The SMILES string of the molecule is O=C(c1cccnc1Nc1cccc(C(F)(F)F)c1)N1CCN(c2ccccc2O)CC1. The number of aromatic nitrogens is 1. The molecule has 166 valence electrons. The van der Waals surface area contributed by atoms with Gasteiger partial charge in [0.05, 0.1) is 16.8 Å². The summed E-state index contributed by atoms with van der Waals surface area (Å²) in [6.07, 6.45) is -2.99. The fraction of sp³-hybridized carbons (Fsp3) is 0.217. The summed E-state index contributed by atoms with van der Waals surface area (Å²) in [5.74, 6) is 0.122. The second-order valence-electron chi connectivity index (χ2n) is 7.37. The molecule has 2 N–H and O–H groups in total. The van der Waals surface area contributed by atoms with E-state index in [9.17, 15) is 23.1 Å². The third-order valence-corrected chi connectivity index (χ3v) is 5.28. The summed E-state index contributed by atoms with van der Waals surface area (Å²) in [7, 11) is 0. The molecule has 4 rings (SSSR count). The Bertz CT molecular complexity index is 1110. The molecule has 9 heteroatoms. The van der Waals surface area contributed by atoms with Gasteiger partial charge in [0.25, 0.3) is 5.91 Å². The fourth-order valence-corrected chi connectivity index (χ4v) is 3.64. The Kier molecular flexibility index (Phi) is 5.89. The Morgan fingerprint density at radius 2 is 1.72 bits per heavy atom. The summed E-state index contributed by atoms with van der Waals surface area (Å²) in [5.41, 5.74) is 0.400. The van der Waals surface area contributed by atoms with Gasteiger partial charge in [-0.1, -0.05) is 18.2 Å². The number of rotatable bonds is 4. The summed E-state index contributed by atoms with van der Waals surface area (Å²) in [5, 5.41) is 12.9. The number of amides is 1. The van der Waals surface area contributed by atoms with Gasteiger partial charge >= 0.3 is 6.18 Å². The van der Waals surface area contributed by atoms with Crippen molar-refractivity contribution in [3.05, 3.63) is 78.0 Å². The van der Waals surface area contributed by atoms with Crippen LogP contribution in [0.25, 0.3) is 0 Å². The van der Waals surface area contributed by atoms with E-state index >= 15 is 0 Å². The van der Waals surface area contributed by atoms with Crippen molar-refractivity contribution in [3.8, 4) is 5.75 Å². The molecule has 0 spiro atoms. The van der Waals surface area contributed by atoms with Crippen LogP contribution in [0.1, 0.15) is 15.9 Å². The first-order valence-corrected chi connectivity index (χ1v) is 10.0. The highest BCUT2D eigenvalue weighted by atomic mass is 19.4. The lowest BCUT2D eigenvalue weighted by atomic mass is 10.1. The molecular formula is C23H21F3N4O2. The smallest absolute Gasteiger partial charge is 0.416 e. The minimum absolute atomic E-state index is 0.187. The molecule has 1 saturated heterocycles. The summed E-state index contributed by atoms with van der Waals surface area (Å²) < 4.78 is 39.0. The number of alkyl halides is 3. The third-order valence-electron chi connectivity index (χ3n) is 5.28. The first-order chi connectivity index (χ1) is 15.3. The predicted octanol–water partition coefficient (Wildman–Crippen LogP) is 4.51. The maximum absolute atomic E-state index is 13.1. The normalized spacial score (nSPS) is 14.3. The third kappa shape index (κ3) is 4.61. The van der Waals surface area contributed by atoms with E-state index in [1.54, 1.807) is 29.2 Å². The number of phenolic OH excluding ortho intramolecular Hbond substituents is 1. The lowest BCUT2D eigenvalue weighted by molar-refractivity contribution is -0.137. The van der Waals surface area contributed by atoms with Crippen molar-refractivity contribution in [2.45, 2.75) is 6.18 Å². The van der Waals surface area contributed by atoms with Crippen LogP contribution in [0.5, 0.6) is 5.75 Å². The van der Waals surface area contributed by atoms with Gasteiger partial charge in [-0.05, 0) is 42.5 Å². The molecule has 0 bridgehead atoms. The zero-order chi connectivity index (χ0) is 22.7. The summed E-state index contributed by atoms with van der Waals surface area (Å²) >= 11 is 0. The molecule has 2 heterocycles. The zero-order valence-electron chi connectivity index (χ0n) is 17.0. The van der Waals surface area contributed by atoms with E-state index in [0.717, 1.165) is 12.1 Å². The second-order valence-corrected chi connectivity index (χ2v) is 7.37. The molecule has 2 aromatic carbocycles. The number of hydrogen-bond acceptors (Lipinski definition) is 5. The number of para-hydroxylation sites is 2. The Hall–Kier alpha value is -3.75. The van der Waals surface area contributed by atoms with Gasteiger partial charge in [0.15, 0.2) is 0 Å². The Labute approximate surface area is 182 Å². The van der Waals surface area contributed by atoms with Crippen LogP contribution in [-0.2, 0) is 6.18 Å². The first kappa shape index (κ1) is 21.5. The average Bonchev–Trinajstić information content (AvgIpc) is 2.79. The quantitative estimate of drug-likeness (QED) is 0.622. The number of pyridine rings is 1. The molecule has 1 aromatic heterocycles. The maximum Gasteiger partial charge on any atom is 0.416 e. The molecule has 32 heavy (non-hydrogen) atoms. The van der Waals surface area contributed by atoms with Crippen LogP contribution in [0, 0.1) is 0 Å². The minimum Gasteiger partial charge on any atom is -0.506 e. The van der Waals surface area contributed by atoms with Gasteiger partial charge in [0, 0.05) is 38.1 Å². The van der Waals surface area contributed by atoms with Crippen LogP contribution in [0.4, 0.5) is 30.4 Å². The van der Waals surface area contributed by atoms with Gasteiger partial charge in [-0.3, -0.25) is 4.79 Å². The monoisotopic (exact) mass is 442 g/mol. The molecule has 1 amide bonds. The fourth-order valence-electron chi connectivity index (χ4n) is 3.64. The van der Waals surface area contributed by atoms with E-state index in [1.807, 2.05) is 17.0 Å². The molecule has 1 aliphatic heterocycles. The highest BCUT2D eigenvalue weighted by Crippen LogP contribution is 2.32. The average molecular weight is 442 g/mol. The van der Waals surface area contributed by atoms with Crippen molar-refractivity contribution < 1.29 is 23.1 Å². The molecule has 3 aromatic rings. The van der Waals surface area contributed by atoms with Crippen molar-refractivity contribution in [3.63, 3.8) is 0 Å². The molecular weight excluding hydrogens is 421 g/mol. The van der Waals surface area contributed by atoms with Gasteiger partial charge in [-0.2, -0.15) is 13.2 Å². The van der Waals surface area contributed by atoms with Crippen LogP contribution in [0.2, 0.25) is 0 Å². The van der Waals surface area contributed by atoms with Crippen molar-refractivity contribution in [2.24, 2.45) is 0 Å². The number of piperazine rings is 1. The first-order valence-electron chi connectivity index (χ1n) is 10.0. The number of hydrogen-bond donors (Lipinski definition) is 2. The molecule has 0 aliphatic carbocycles. The summed E-state index contributed by atoms with van der Waals surface area (Å²) in [6.45, 7) is 1.95. The number of benzene rings is 2. The molecule has 0 atom stereocenters. The lowest BCUT2D eigenvalue weighted by Gasteiger charge is -2.36. The van der Waals surface area contributed by atoms with E-state index in [2.05, 4.69) is 10.3 Å². The van der Waals surface area contributed by atoms with E-state index < -0.39 is 11.7 Å². The van der Waals surface area contributed by atoms with E-state index in [-0.39, 0.29) is 28.7 Å². The van der Waals surface area contributed by atoms with Crippen LogP contribution in [0.15, 0.2) is 66.9 Å². The standard InChI is InChI=1S/C23H21F3N4O2/c24-23(25,26)16-5-3-6-17(15-16)28-21-18(7-4-10-27-21)22(32)30-13-11-29(12-14-30)19-8-1-2-9-20(19)31/h1-10,15,31H,11-14H2,(H,27,28). The van der Waals surface area contributed by atoms with Crippen molar-refractivity contribution in [2.75, 3.05) is 36.4 Å². The molecule has 0 unspecified atom stereocenters. The van der Waals surface area contributed by atoms with E-state index in [1.165, 1.54) is 18.3 Å². The predicted molar refractivity (Wildman–Crippen MR) is 115 cm³/mol. The van der Waals surface area contributed by atoms with Gasteiger partial charge in [0.2, 0.25) is 0 Å². The van der Waals surface area contributed by atoms with Crippen LogP contribution >= 0.6 is 0 Å². The number of carbonyl (C=O) groups is 1. The van der Waals surface area contributed by atoms with Crippen LogP contribution in [-0.4, -0.2) is 47.1 Å². The topological polar surface area (TPSA) is 68.7 Å². The van der Waals surface area contributed by atoms with Crippen molar-refractivity contribution >= 4 is 23.1 Å². The second kappa shape index (κ2) is 8.78. The van der Waals surface area contributed by atoms with Crippen molar-refractivity contribution in [1.82, 2.24) is 9.88 Å². The Morgan fingerprint density at radius 1 is 0.969 bits per heavy atom. The zero-order valence-corrected chi connectivity index (χ0v) is 17.0. The van der Waals surface area contributed by atoms with Crippen molar-refractivity contribution in [1.29, 1.82) is 0 Å². The maximum atomic E-state index is 13.1. The van der Waals surface area contributed by atoms with Gasteiger partial charge in [-0.25, -0.2) is 4.98 Å². The Balaban J connectivity index is 1.48. The van der Waals surface area contributed by atoms with Gasteiger partial charge in [0.1, 0.15) is 11.6 Å². The highest BCUT2D eigenvalue weighted by Gasteiger charge is 2.30. The van der Waals surface area contributed by atoms with E-state index in [0.29, 0.717) is 31.9 Å². The largest absolute Gasteiger partial charge is 0.506 e. The molecule has 0 saturated carbocycles.